The van der Waals surface area contributed by atoms with Crippen LogP contribution >= 0.6 is 0 Å². The van der Waals surface area contributed by atoms with E-state index in [9.17, 15) is 9.90 Å². The second-order valence-electron chi connectivity index (χ2n) is 7.77. The molecule has 0 amide bonds. The molecule has 4 rings (SSSR count). The topological polar surface area (TPSA) is 49.8 Å². The fourth-order valence-electron chi connectivity index (χ4n) is 6.02. The van der Waals surface area contributed by atoms with E-state index in [4.69, 9.17) is 4.74 Å². The van der Waals surface area contributed by atoms with Gasteiger partial charge in [-0.1, -0.05) is 13.0 Å². The van der Waals surface area contributed by atoms with Crippen LogP contribution in [-0.2, 0) is 9.53 Å². The Morgan fingerprint density at radius 3 is 3.05 bits per heavy atom. The molecule has 0 aromatic rings. The first-order chi connectivity index (χ1) is 10.5. The van der Waals surface area contributed by atoms with Crippen LogP contribution in [0.4, 0.5) is 0 Å². The van der Waals surface area contributed by atoms with Gasteiger partial charge in [0.25, 0.3) is 0 Å². The Balaban J connectivity index is 1.81. The van der Waals surface area contributed by atoms with Crippen LogP contribution in [-0.4, -0.2) is 46.8 Å². The molecular formula is C18H27NO3. The average Bonchev–Trinajstić information content (AvgIpc) is 2.47. The molecule has 122 valence electrons. The molecule has 2 bridgehead atoms. The van der Waals surface area contributed by atoms with E-state index in [-0.39, 0.29) is 29.6 Å². The van der Waals surface area contributed by atoms with Crippen molar-refractivity contribution in [3.63, 3.8) is 0 Å². The van der Waals surface area contributed by atoms with Gasteiger partial charge in [-0.3, -0.25) is 9.69 Å². The molecular weight excluding hydrogens is 278 g/mol. The number of hydrogen-bond acceptors (Lipinski definition) is 4. The van der Waals surface area contributed by atoms with Crippen LogP contribution in [0.5, 0.6) is 0 Å². The Kier molecular flexibility index (Phi) is 3.39. The summed E-state index contributed by atoms with van der Waals surface area (Å²) in [5.74, 6) is 0.720. The molecule has 4 nitrogen and oxygen atoms in total. The number of carbonyl (C=O) groups excluding carboxylic acids is 1. The van der Waals surface area contributed by atoms with Gasteiger partial charge in [-0.2, -0.15) is 0 Å². The van der Waals surface area contributed by atoms with Gasteiger partial charge in [0.05, 0.1) is 6.10 Å². The van der Waals surface area contributed by atoms with Crippen molar-refractivity contribution in [2.75, 3.05) is 13.1 Å². The van der Waals surface area contributed by atoms with Gasteiger partial charge in [-0.25, -0.2) is 0 Å². The zero-order valence-corrected chi connectivity index (χ0v) is 13.6. The molecule has 0 aromatic heterocycles. The van der Waals surface area contributed by atoms with Crippen molar-refractivity contribution in [1.82, 2.24) is 4.90 Å². The summed E-state index contributed by atoms with van der Waals surface area (Å²) in [7, 11) is 0. The quantitative estimate of drug-likeness (QED) is 0.595. The van der Waals surface area contributed by atoms with Gasteiger partial charge in [0.2, 0.25) is 0 Å². The van der Waals surface area contributed by atoms with E-state index in [1.807, 2.05) is 0 Å². The van der Waals surface area contributed by atoms with Gasteiger partial charge in [0, 0.05) is 30.8 Å². The third-order valence-corrected chi connectivity index (χ3v) is 6.66. The van der Waals surface area contributed by atoms with Gasteiger partial charge in [-0.15, -0.1) is 0 Å². The molecule has 2 aliphatic carbocycles. The van der Waals surface area contributed by atoms with E-state index >= 15 is 0 Å². The Morgan fingerprint density at radius 1 is 1.45 bits per heavy atom. The number of esters is 1. The lowest BCUT2D eigenvalue weighted by molar-refractivity contribution is -0.173. The second-order valence-corrected chi connectivity index (χ2v) is 7.77. The highest BCUT2D eigenvalue weighted by atomic mass is 16.5. The highest BCUT2D eigenvalue weighted by Crippen LogP contribution is 2.59. The summed E-state index contributed by atoms with van der Waals surface area (Å²) in [5.41, 5.74) is 1.52. The van der Waals surface area contributed by atoms with Crippen LogP contribution in [0.1, 0.15) is 46.0 Å². The zero-order valence-electron chi connectivity index (χ0n) is 13.6. The number of aliphatic hydroxyl groups is 1. The molecule has 0 aromatic carbocycles. The number of aliphatic hydroxyl groups excluding tert-OH is 1. The monoisotopic (exact) mass is 305 g/mol. The summed E-state index contributed by atoms with van der Waals surface area (Å²) < 4.78 is 5.74. The first-order valence-corrected chi connectivity index (χ1v) is 8.85. The Hall–Kier alpha value is -0.870. The van der Waals surface area contributed by atoms with E-state index < -0.39 is 0 Å². The predicted octanol–water partition coefficient (Wildman–Crippen LogP) is 2.12. The number of nitrogens with zero attached hydrogens (tertiary/aromatic N) is 1. The highest BCUT2D eigenvalue weighted by molar-refractivity contribution is 5.66. The number of hydrogen-bond donors (Lipinski definition) is 1. The number of piperidine rings is 1. The second kappa shape index (κ2) is 5.07. The summed E-state index contributed by atoms with van der Waals surface area (Å²) >= 11 is 0. The molecule has 0 radical (unpaired) electrons. The minimum absolute atomic E-state index is 0.0253. The molecule has 3 fully saturated rings. The molecule has 2 heterocycles. The number of carbonyl (C=O) groups is 1. The minimum Gasteiger partial charge on any atom is -0.462 e. The van der Waals surface area contributed by atoms with Crippen molar-refractivity contribution in [2.24, 2.45) is 17.8 Å². The molecule has 1 spiro atoms. The van der Waals surface area contributed by atoms with Crippen molar-refractivity contribution >= 4 is 5.97 Å². The molecule has 1 saturated heterocycles. The zero-order chi connectivity index (χ0) is 15.5. The number of ether oxygens (including phenoxy) is 1. The van der Waals surface area contributed by atoms with Crippen LogP contribution in [0.15, 0.2) is 11.6 Å². The molecule has 2 aliphatic heterocycles. The molecule has 6 unspecified atom stereocenters. The molecule has 22 heavy (non-hydrogen) atoms. The first-order valence-electron chi connectivity index (χ1n) is 8.85. The summed E-state index contributed by atoms with van der Waals surface area (Å²) in [6, 6.07) is 0. The van der Waals surface area contributed by atoms with Crippen molar-refractivity contribution in [2.45, 2.75) is 63.7 Å². The molecule has 4 aliphatic rings. The summed E-state index contributed by atoms with van der Waals surface area (Å²) in [6.07, 6.45) is 7.33. The molecule has 1 N–H and O–H groups in total. The van der Waals surface area contributed by atoms with E-state index in [0.29, 0.717) is 11.8 Å². The summed E-state index contributed by atoms with van der Waals surface area (Å²) in [4.78, 5) is 14.2. The maximum Gasteiger partial charge on any atom is 0.302 e. The van der Waals surface area contributed by atoms with Crippen LogP contribution in [0, 0.1) is 17.8 Å². The standard InChI is InChI=1S/C18H27NO3/c1-11-10-18-14-5-3-7-19(18)8-4-6-15(18)16(22-12(2)20)9-13(14)17(11)21/h5,11,13,15-17,21H,3-4,6-10H2,1-2H3. The summed E-state index contributed by atoms with van der Waals surface area (Å²) in [5, 5.41) is 10.7. The van der Waals surface area contributed by atoms with Gasteiger partial charge in [0.15, 0.2) is 0 Å². The van der Waals surface area contributed by atoms with Gasteiger partial charge < -0.3 is 9.84 Å². The lowest BCUT2D eigenvalue weighted by atomic mass is 9.51. The van der Waals surface area contributed by atoms with Crippen molar-refractivity contribution < 1.29 is 14.6 Å². The normalized spacial score (nSPS) is 47.4. The largest absolute Gasteiger partial charge is 0.462 e. The average molecular weight is 305 g/mol. The highest BCUT2D eigenvalue weighted by Gasteiger charge is 2.62. The van der Waals surface area contributed by atoms with E-state index in [1.54, 1.807) is 0 Å². The maximum atomic E-state index is 11.6. The van der Waals surface area contributed by atoms with Crippen molar-refractivity contribution in [3.8, 4) is 0 Å². The maximum absolute atomic E-state index is 11.6. The first kappa shape index (κ1) is 14.7. The van der Waals surface area contributed by atoms with Crippen LogP contribution in [0.2, 0.25) is 0 Å². The van der Waals surface area contributed by atoms with Crippen LogP contribution < -0.4 is 0 Å². The third-order valence-electron chi connectivity index (χ3n) is 6.66. The third kappa shape index (κ3) is 1.86. The SMILES string of the molecule is CC(=O)OC1CC2C3=CCCN4CCCC1C34CC(C)C2O. The van der Waals surface area contributed by atoms with E-state index in [0.717, 1.165) is 38.8 Å². The Morgan fingerprint density at radius 2 is 2.27 bits per heavy atom. The smallest absolute Gasteiger partial charge is 0.302 e. The van der Waals surface area contributed by atoms with Gasteiger partial charge >= 0.3 is 5.97 Å². The fourth-order valence-corrected chi connectivity index (χ4v) is 6.02. The summed E-state index contributed by atoms with van der Waals surface area (Å²) in [6.45, 7) is 5.96. The Labute approximate surface area is 132 Å². The lowest BCUT2D eigenvalue weighted by Gasteiger charge is -2.65. The van der Waals surface area contributed by atoms with Gasteiger partial charge in [0.1, 0.15) is 6.10 Å². The van der Waals surface area contributed by atoms with Crippen LogP contribution in [0.25, 0.3) is 0 Å². The van der Waals surface area contributed by atoms with Crippen molar-refractivity contribution in [3.05, 3.63) is 11.6 Å². The lowest BCUT2D eigenvalue weighted by Crippen LogP contribution is -2.70. The van der Waals surface area contributed by atoms with Crippen LogP contribution in [0.3, 0.4) is 0 Å². The Bertz CT molecular complexity index is 516. The fraction of sp³-hybridized carbons (Fsp3) is 0.833. The minimum atomic E-state index is -0.294. The molecule has 4 heteroatoms. The number of rotatable bonds is 1. The van der Waals surface area contributed by atoms with E-state index in [1.165, 1.54) is 18.9 Å². The van der Waals surface area contributed by atoms with E-state index in [2.05, 4.69) is 17.9 Å². The molecule has 2 saturated carbocycles. The molecule has 6 atom stereocenters. The van der Waals surface area contributed by atoms with Gasteiger partial charge in [-0.05, 0) is 50.1 Å². The predicted molar refractivity (Wildman–Crippen MR) is 83.2 cm³/mol. The van der Waals surface area contributed by atoms with Crippen molar-refractivity contribution in [1.29, 1.82) is 0 Å².